The Labute approximate surface area is 196 Å². The molecule has 2 N–H and O–H groups in total. The molecule has 0 saturated carbocycles. The lowest BCUT2D eigenvalue weighted by molar-refractivity contribution is 0.0965. The van der Waals surface area contributed by atoms with Crippen LogP contribution in [-0.4, -0.2) is 42.8 Å². The Bertz CT molecular complexity index is 870. The lowest BCUT2D eigenvalue weighted by Crippen LogP contribution is -2.29. The van der Waals surface area contributed by atoms with E-state index in [1.807, 2.05) is 19.9 Å². The number of carbonyl (C=O) groups excluding carboxylic acids is 1. The van der Waals surface area contributed by atoms with Gasteiger partial charge < -0.3 is 24.6 Å². The second-order valence-electron chi connectivity index (χ2n) is 8.72. The van der Waals surface area contributed by atoms with Gasteiger partial charge in [-0.15, -0.1) is 11.6 Å². The summed E-state index contributed by atoms with van der Waals surface area (Å²) in [6.07, 6.45) is 7.06. The molecule has 1 heterocycles. The van der Waals surface area contributed by atoms with Crippen molar-refractivity contribution in [3.8, 4) is 17.2 Å². The smallest absolute Gasteiger partial charge is 0.252 e. The molecule has 32 heavy (non-hydrogen) atoms. The van der Waals surface area contributed by atoms with Gasteiger partial charge >= 0.3 is 0 Å². The molecule has 0 aromatic heterocycles. The summed E-state index contributed by atoms with van der Waals surface area (Å²) in [6.45, 7) is 8.61. The second-order valence-corrected chi connectivity index (χ2v) is 9.69. The second kappa shape index (κ2) is 11.6. The molecule has 2 rings (SSSR count). The number of hydrogen-bond acceptors (Lipinski definition) is 5. The van der Waals surface area contributed by atoms with Gasteiger partial charge in [0.1, 0.15) is 6.61 Å². The first-order valence-corrected chi connectivity index (χ1v) is 11.3. The Balaban J connectivity index is 1.91. The zero-order valence-corrected chi connectivity index (χ0v) is 20.8. The third kappa shape index (κ3) is 6.91. The fourth-order valence-electron chi connectivity index (χ4n) is 3.53. The molecule has 1 amide bonds. The highest BCUT2D eigenvalue weighted by atomic mass is 35.5. The average Bonchev–Trinajstić information content (AvgIpc) is 3.10. The molecule has 0 bridgehead atoms. The summed E-state index contributed by atoms with van der Waals surface area (Å²) in [7, 11) is 3.11. The SMILES string of the molecule is COc1cc2c(c(OC)c1OC/C=C(\C)CC/C=C(\C)CC[C@H](O)C(C)(C)Cl)CNC2=O. The van der Waals surface area contributed by atoms with E-state index in [0.717, 1.165) is 24.8 Å². The van der Waals surface area contributed by atoms with Gasteiger partial charge in [0.2, 0.25) is 5.75 Å². The normalized spacial score (nSPS) is 15.3. The number of carbonyl (C=O) groups is 1. The van der Waals surface area contributed by atoms with Crippen molar-refractivity contribution in [1.82, 2.24) is 5.32 Å². The number of fused-ring (bicyclic) bond motifs is 1. The first-order valence-electron chi connectivity index (χ1n) is 11.0. The third-order valence-corrected chi connectivity index (χ3v) is 5.95. The molecule has 7 heteroatoms. The van der Waals surface area contributed by atoms with Gasteiger partial charge in [0.25, 0.3) is 5.91 Å². The van der Waals surface area contributed by atoms with Crippen molar-refractivity contribution in [3.63, 3.8) is 0 Å². The number of hydrogen-bond donors (Lipinski definition) is 2. The first-order chi connectivity index (χ1) is 15.1. The van der Waals surface area contributed by atoms with Crippen molar-refractivity contribution in [2.75, 3.05) is 20.8 Å². The summed E-state index contributed by atoms with van der Waals surface area (Å²) < 4.78 is 17.0. The van der Waals surface area contributed by atoms with Crippen LogP contribution in [0.25, 0.3) is 0 Å². The summed E-state index contributed by atoms with van der Waals surface area (Å²) in [5.41, 5.74) is 3.82. The number of benzene rings is 1. The van der Waals surface area contributed by atoms with Crippen molar-refractivity contribution in [2.45, 2.75) is 70.9 Å². The van der Waals surface area contributed by atoms with Gasteiger partial charge in [-0.3, -0.25) is 4.79 Å². The maximum absolute atomic E-state index is 12.0. The molecular formula is C25H36ClNO5. The maximum atomic E-state index is 12.0. The van der Waals surface area contributed by atoms with Gasteiger partial charge in [-0.05, 0) is 65.5 Å². The molecule has 0 fully saturated rings. The summed E-state index contributed by atoms with van der Waals surface area (Å²) in [5, 5.41) is 12.9. The Hall–Kier alpha value is -2.18. The zero-order chi connectivity index (χ0) is 23.9. The number of nitrogens with one attached hydrogen (secondary N) is 1. The molecular weight excluding hydrogens is 430 g/mol. The number of aliphatic hydroxyl groups excluding tert-OH is 1. The molecule has 1 aromatic rings. The molecule has 0 radical (unpaired) electrons. The Morgan fingerprint density at radius 2 is 1.88 bits per heavy atom. The number of methoxy groups -OCH3 is 2. The van der Waals surface area contributed by atoms with Gasteiger partial charge in [-0.1, -0.05) is 17.2 Å². The molecule has 1 aliphatic heterocycles. The highest BCUT2D eigenvalue weighted by Gasteiger charge is 2.28. The van der Waals surface area contributed by atoms with Crippen LogP contribution in [-0.2, 0) is 6.54 Å². The highest BCUT2D eigenvalue weighted by Crippen LogP contribution is 2.43. The molecule has 0 aliphatic carbocycles. The lowest BCUT2D eigenvalue weighted by atomic mass is 9.98. The number of alkyl halides is 1. The predicted octanol–water partition coefficient (Wildman–Crippen LogP) is 5.16. The fraction of sp³-hybridized carbons (Fsp3) is 0.560. The molecule has 1 aliphatic rings. The lowest BCUT2D eigenvalue weighted by Gasteiger charge is -2.23. The number of rotatable bonds is 12. The van der Waals surface area contributed by atoms with Gasteiger partial charge in [-0.25, -0.2) is 0 Å². The van der Waals surface area contributed by atoms with Gasteiger partial charge in [-0.2, -0.15) is 0 Å². The highest BCUT2D eigenvalue weighted by molar-refractivity contribution is 6.23. The summed E-state index contributed by atoms with van der Waals surface area (Å²) in [5.74, 6) is 1.38. The van der Waals surface area contributed by atoms with Crippen molar-refractivity contribution in [2.24, 2.45) is 0 Å². The van der Waals surface area contributed by atoms with E-state index >= 15 is 0 Å². The number of halogens is 1. The largest absolute Gasteiger partial charge is 0.493 e. The summed E-state index contributed by atoms with van der Waals surface area (Å²) >= 11 is 6.16. The van der Waals surface area contributed by atoms with E-state index in [2.05, 4.69) is 25.2 Å². The minimum Gasteiger partial charge on any atom is -0.493 e. The Morgan fingerprint density at radius 3 is 2.50 bits per heavy atom. The van der Waals surface area contributed by atoms with Crippen LogP contribution in [0.15, 0.2) is 29.4 Å². The fourth-order valence-corrected chi connectivity index (χ4v) is 3.64. The van der Waals surface area contributed by atoms with E-state index in [1.165, 1.54) is 11.1 Å². The third-order valence-electron chi connectivity index (χ3n) is 5.69. The number of aliphatic hydroxyl groups is 1. The van der Waals surface area contributed by atoms with Gasteiger partial charge in [0.15, 0.2) is 11.5 Å². The molecule has 0 spiro atoms. The minimum absolute atomic E-state index is 0.136. The maximum Gasteiger partial charge on any atom is 0.252 e. The van der Waals surface area contributed by atoms with E-state index in [0.29, 0.717) is 42.4 Å². The summed E-state index contributed by atoms with van der Waals surface area (Å²) in [6, 6.07) is 1.70. The minimum atomic E-state index is -0.601. The van der Waals surface area contributed by atoms with Crippen LogP contribution in [0, 0.1) is 0 Å². The van der Waals surface area contributed by atoms with Crippen LogP contribution in [0.5, 0.6) is 17.2 Å². The van der Waals surface area contributed by atoms with Crippen molar-refractivity contribution < 1.29 is 24.1 Å². The summed E-state index contributed by atoms with van der Waals surface area (Å²) in [4.78, 5) is 11.4. The van der Waals surface area contributed by atoms with Crippen molar-refractivity contribution in [1.29, 1.82) is 0 Å². The zero-order valence-electron chi connectivity index (χ0n) is 20.0. The molecule has 6 nitrogen and oxygen atoms in total. The molecule has 178 valence electrons. The van der Waals surface area contributed by atoms with E-state index in [4.69, 9.17) is 25.8 Å². The molecule has 1 atom stereocenters. The van der Waals surface area contributed by atoms with E-state index < -0.39 is 11.0 Å². The van der Waals surface area contributed by atoms with Crippen LogP contribution in [0.4, 0.5) is 0 Å². The molecule has 0 saturated heterocycles. The first kappa shape index (κ1) is 26.1. The van der Waals surface area contributed by atoms with Crippen LogP contribution in [0.1, 0.15) is 69.3 Å². The van der Waals surface area contributed by atoms with Crippen LogP contribution in [0.3, 0.4) is 0 Å². The van der Waals surface area contributed by atoms with Crippen molar-refractivity contribution in [3.05, 3.63) is 40.5 Å². The van der Waals surface area contributed by atoms with Gasteiger partial charge in [0, 0.05) is 12.1 Å². The Morgan fingerprint density at radius 1 is 1.19 bits per heavy atom. The Kier molecular flexibility index (Phi) is 9.47. The number of amides is 1. The topological polar surface area (TPSA) is 77.0 Å². The van der Waals surface area contributed by atoms with E-state index in [1.54, 1.807) is 20.3 Å². The van der Waals surface area contributed by atoms with Crippen LogP contribution >= 0.6 is 11.6 Å². The van der Waals surface area contributed by atoms with Crippen molar-refractivity contribution >= 4 is 17.5 Å². The molecule has 0 unspecified atom stereocenters. The number of ether oxygens (including phenoxy) is 3. The van der Waals surface area contributed by atoms with E-state index in [-0.39, 0.29) is 5.91 Å². The van der Waals surface area contributed by atoms with Crippen LogP contribution < -0.4 is 19.5 Å². The number of allylic oxidation sites excluding steroid dienone is 3. The molecule has 1 aromatic carbocycles. The van der Waals surface area contributed by atoms with Crippen LogP contribution in [0.2, 0.25) is 0 Å². The van der Waals surface area contributed by atoms with E-state index in [9.17, 15) is 9.90 Å². The standard InChI is InChI=1S/C25H36ClNO5/c1-16(10-11-21(28)25(3,4)26)8-7-9-17(2)12-13-32-23-20(30-5)14-18-19(22(23)31-6)15-27-24(18)29/h8,12,14,21,28H,7,9-11,13,15H2,1-6H3,(H,27,29)/b16-8+,17-12+/t21-/m0/s1. The van der Waals surface area contributed by atoms with Gasteiger partial charge in [0.05, 0.1) is 30.8 Å². The average molecular weight is 466 g/mol. The quantitative estimate of drug-likeness (QED) is 0.329. The monoisotopic (exact) mass is 465 g/mol. The predicted molar refractivity (Wildman–Crippen MR) is 128 cm³/mol.